The monoisotopic (exact) mass is 605 g/mol. The van der Waals surface area contributed by atoms with Gasteiger partial charge < -0.3 is 14.6 Å². The molecule has 1 N–H and O–H groups in total. The van der Waals surface area contributed by atoms with Crippen molar-refractivity contribution in [3.05, 3.63) is 83.9 Å². The van der Waals surface area contributed by atoms with Crippen molar-refractivity contribution in [2.75, 3.05) is 13.2 Å². The molecule has 0 bridgehead atoms. The highest BCUT2D eigenvalue weighted by Gasteiger charge is 2.46. The van der Waals surface area contributed by atoms with E-state index in [2.05, 4.69) is 0 Å². The number of esters is 1. The lowest BCUT2D eigenvalue weighted by atomic mass is 9.89. The second-order valence-corrected chi connectivity index (χ2v) is 11.0. The largest absolute Gasteiger partial charge is 0.453 e. The number of carbonyl (C=O) groups excluding carboxylic acids is 5. The fraction of sp³-hybridized carbons (Fsp3) is 0.457. The summed E-state index contributed by atoms with van der Waals surface area (Å²) in [7, 11) is 0. The second kappa shape index (κ2) is 18.5. The van der Waals surface area contributed by atoms with E-state index >= 15 is 0 Å². The van der Waals surface area contributed by atoms with Crippen LogP contribution in [0.4, 0.5) is 4.79 Å². The molecule has 0 aliphatic carbocycles. The SMILES string of the molecule is CC(=O)O[C@H](C(=O)C=CC(=O)CCCCCCCCCCO)[C@@H](Cc1ccccc1)C(=O)N1C(=O)OC[C@@H]1c1ccccc1. The average molecular weight is 606 g/mol. The van der Waals surface area contributed by atoms with Crippen LogP contribution in [0.15, 0.2) is 72.8 Å². The first-order chi connectivity index (χ1) is 21.3. The molecule has 3 rings (SSSR count). The molecule has 2 aromatic carbocycles. The molecule has 44 heavy (non-hydrogen) atoms. The first-order valence-corrected chi connectivity index (χ1v) is 15.4. The van der Waals surface area contributed by atoms with Crippen LogP contribution in [-0.2, 0) is 35.1 Å². The standard InChI is InChI=1S/C35H43NO8/c1-26(38)44-33(32(40)22-21-29(39)20-14-6-4-2-3-5-7-15-23-37)30(24-27-16-10-8-11-17-27)34(41)36-31(25-43-35(36)42)28-18-12-9-13-19-28/h8-13,16-19,21-22,30-31,33,37H,2-7,14-15,20,23-25H2,1H3/t30-,31-,33+/m1/s1. The normalized spacial score (nSPS) is 16.0. The minimum absolute atomic E-state index is 0.0104. The predicted octanol–water partition coefficient (Wildman–Crippen LogP) is 5.69. The third-order valence-corrected chi connectivity index (χ3v) is 7.61. The first-order valence-electron chi connectivity index (χ1n) is 15.4. The molecule has 0 spiro atoms. The second-order valence-electron chi connectivity index (χ2n) is 11.0. The van der Waals surface area contributed by atoms with Gasteiger partial charge in [0.2, 0.25) is 5.91 Å². The van der Waals surface area contributed by atoms with Crippen LogP contribution in [0.25, 0.3) is 0 Å². The van der Waals surface area contributed by atoms with Crippen molar-refractivity contribution < 1.29 is 38.6 Å². The number of aliphatic hydroxyl groups is 1. The van der Waals surface area contributed by atoms with E-state index in [9.17, 15) is 24.0 Å². The minimum Gasteiger partial charge on any atom is -0.453 e. The van der Waals surface area contributed by atoms with Gasteiger partial charge in [-0.15, -0.1) is 0 Å². The van der Waals surface area contributed by atoms with E-state index in [1.807, 2.05) is 12.1 Å². The number of ether oxygens (including phenoxy) is 2. The third kappa shape index (κ3) is 10.9. The van der Waals surface area contributed by atoms with Gasteiger partial charge in [-0.1, -0.05) is 99.2 Å². The zero-order chi connectivity index (χ0) is 31.7. The van der Waals surface area contributed by atoms with E-state index in [4.69, 9.17) is 14.6 Å². The quantitative estimate of drug-likeness (QED) is 0.123. The number of imide groups is 1. The number of unbranched alkanes of at least 4 members (excludes halogenated alkanes) is 7. The van der Waals surface area contributed by atoms with Gasteiger partial charge in [0.1, 0.15) is 12.6 Å². The molecule has 1 heterocycles. The maximum Gasteiger partial charge on any atom is 0.417 e. The lowest BCUT2D eigenvalue weighted by molar-refractivity contribution is -0.158. The molecular weight excluding hydrogens is 562 g/mol. The number of aliphatic hydroxyl groups excluding tert-OH is 1. The van der Waals surface area contributed by atoms with Crippen LogP contribution in [0.5, 0.6) is 0 Å². The minimum atomic E-state index is -1.56. The Kier molecular flexibility index (Phi) is 14.5. The Labute approximate surface area is 259 Å². The van der Waals surface area contributed by atoms with E-state index in [0.717, 1.165) is 62.8 Å². The molecule has 9 nitrogen and oxygen atoms in total. The molecule has 1 saturated heterocycles. The van der Waals surface area contributed by atoms with E-state index in [-0.39, 0.29) is 31.8 Å². The van der Waals surface area contributed by atoms with Crippen molar-refractivity contribution in [2.24, 2.45) is 5.92 Å². The van der Waals surface area contributed by atoms with Gasteiger partial charge in [-0.05, 0) is 42.5 Å². The molecule has 0 saturated carbocycles. The number of hydrogen-bond donors (Lipinski definition) is 1. The Bertz CT molecular complexity index is 1260. The molecule has 1 aliphatic heterocycles. The summed E-state index contributed by atoms with van der Waals surface area (Å²) in [6, 6.07) is 17.2. The average Bonchev–Trinajstić information content (AvgIpc) is 3.42. The van der Waals surface area contributed by atoms with E-state index < -0.39 is 41.8 Å². The van der Waals surface area contributed by atoms with Gasteiger partial charge in [-0.2, -0.15) is 0 Å². The van der Waals surface area contributed by atoms with E-state index in [1.165, 1.54) is 6.08 Å². The van der Waals surface area contributed by atoms with Crippen LogP contribution >= 0.6 is 0 Å². The molecule has 9 heteroatoms. The number of hydrogen-bond acceptors (Lipinski definition) is 8. The molecule has 0 unspecified atom stereocenters. The smallest absolute Gasteiger partial charge is 0.417 e. The van der Waals surface area contributed by atoms with Gasteiger partial charge in [0.05, 0.1) is 5.92 Å². The fourth-order valence-corrected chi connectivity index (χ4v) is 5.30. The number of nitrogens with zero attached hydrogens (tertiary/aromatic N) is 1. The highest BCUT2D eigenvalue weighted by atomic mass is 16.6. The van der Waals surface area contributed by atoms with Crippen LogP contribution in [0.2, 0.25) is 0 Å². The zero-order valence-corrected chi connectivity index (χ0v) is 25.4. The van der Waals surface area contributed by atoms with Crippen molar-refractivity contribution >= 4 is 29.5 Å². The van der Waals surface area contributed by atoms with Crippen LogP contribution in [0, 0.1) is 5.92 Å². The maximum absolute atomic E-state index is 14.1. The molecule has 2 aromatic rings. The Morgan fingerprint density at radius 1 is 0.886 bits per heavy atom. The fourth-order valence-electron chi connectivity index (χ4n) is 5.30. The lowest BCUT2D eigenvalue weighted by Gasteiger charge is -2.29. The van der Waals surface area contributed by atoms with E-state index in [1.54, 1.807) is 48.5 Å². The molecular formula is C35H43NO8. The molecule has 236 valence electrons. The Morgan fingerprint density at radius 3 is 2.09 bits per heavy atom. The van der Waals surface area contributed by atoms with Crippen LogP contribution in [0.3, 0.4) is 0 Å². The molecule has 1 fully saturated rings. The Balaban J connectivity index is 1.73. The van der Waals surface area contributed by atoms with Gasteiger partial charge in [0, 0.05) is 20.0 Å². The third-order valence-electron chi connectivity index (χ3n) is 7.61. The molecule has 0 radical (unpaired) electrons. The van der Waals surface area contributed by atoms with Crippen LogP contribution < -0.4 is 0 Å². The summed E-state index contributed by atoms with van der Waals surface area (Å²) in [5.74, 6) is -3.67. The zero-order valence-electron chi connectivity index (χ0n) is 25.4. The first kappa shape index (κ1) is 34.4. The van der Waals surface area contributed by atoms with Crippen molar-refractivity contribution in [3.63, 3.8) is 0 Å². The lowest BCUT2D eigenvalue weighted by Crippen LogP contribution is -2.47. The topological polar surface area (TPSA) is 127 Å². The predicted molar refractivity (Wildman–Crippen MR) is 164 cm³/mol. The summed E-state index contributed by atoms with van der Waals surface area (Å²) in [6.07, 6.45) is 7.85. The van der Waals surface area contributed by atoms with E-state index in [0.29, 0.717) is 17.5 Å². The number of ketones is 2. The van der Waals surface area contributed by atoms with Gasteiger partial charge in [-0.25, -0.2) is 9.69 Å². The summed E-state index contributed by atoms with van der Waals surface area (Å²) in [6.45, 7) is 1.32. The number of amides is 2. The summed E-state index contributed by atoms with van der Waals surface area (Å²) < 4.78 is 10.7. The number of benzene rings is 2. The van der Waals surface area contributed by atoms with Crippen molar-refractivity contribution in [2.45, 2.75) is 83.3 Å². The molecule has 0 aromatic heterocycles. The van der Waals surface area contributed by atoms with Crippen molar-refractivity contribution in [1.82, 2.24) is 4.90 Å². The number of cyclic esters (lactones) is 1. The summed E-state index contributed by atoms with van der Waals surface area (Å²) >= 11 is 0. The van der Waals surface area contributed by atoms with Crippen molar-refractivity contribution in [3.8, 4) is 0 Å². The van der Waals surface area contributed by atoms with Gasteiger partial charge >= 0.3 is 12.1 Å². The summed E-state index contributed by atoms with van der Waals surface area (Å²) in [4.78, 5) is 66.1. The summed E-state index contributed by atoms with van der Waals surface area (Å²) in [5.41, 5.74) is 1.39. The van der Waals surface area contributed by atoms with Crippen LogP contribution in [-0.4, -0.2) is 58.9 Å². The van der Waals surface area contributed by atoms with Gasteiger partial charge in [0.15, 0.2) is 17.7 Å². The number of rotatable bonds is 19. The van der Waals surface area contributed by atoms with Crippen molar-refractivity contribution in [1.29, 1.82) is 0 Å². The Morgan fingerprint density at radius 2 is 1.48 bits per heavy atom. The van der Waals surface area contributed by atoms with Gasteiger partial charge in [0.25, 0.3) is 0 Å². The molecule has 2 amide bonds. The van der Waals surface area contributed by atoms with Gasteiger partial charge in [-0.3, -0.25) is 19.2 Å². The number of carbonyl (C=O) groups is 5. The molecule has 1 aliphatic rings. The summed E-state index contributed by atoms with van der Waals surface area (Å²) in [5, 5.41) is 8.84. The molecule has 3 atom stereocenters. The van der Waals surface area contributed by atoms with Crippen LogP contribution in [0.1, 0.15) is 81.9 Å². The maximum atomic E-state index is 14.1. The highest BCUT2D eigenvalue weighted by molar-refractivity contribution is 6.04. The Hall–Kier alpha value is -4.11. The number of allylic oxidation sites excluding steroid dienone is 1. The highest BCUT2D eigenvalue weighted by Crippen LogP contribution is 2.31.